The number of carbonyl (C=O) groups excluding carboxylic acids is 1. The molecule has 0 spiro atoms. The first-order valence-electron chi connectivity index (χ1n) is 7.41. The Hall–Kier alpha value is -1.75. The maximum atomic E-state index is 11.8. The van der Waals surface area contributed by atoms with Crippen molar-refractivity contribution in [2.45, 2.75) is 32.4 Å². The average Bonchev–Trinajstić information content (AvgIpc) is 3.34. The molecule has 1 aromatic carbocycles. The molecule has 1 amide bonds. The van der Waals surface area contributed by atoms with Crippen molar-refractivity contribution in [3.63, 3.8) is 0 Å². The number of nitrogens with zero attached hydrogens (tertiary/aromatic N) is 1. The van der Waals surface area contributed by atoms with Gasteiger partial charge in [0.15, 0.2) is 18.1 Å². The van der Waals surface area contributed by atoms with Gasteiger partial charge in [0.1, 0.15) is 0 Å². The van der Waals surface area contributed by atoms with Gasteiger partial charge in [-0.15, -0.1) is 0 Å². The first-order valence-corrected chi connectivity index (χ1v) is 7.41. The highest BCUT2D eigenvalue weighted by molar-refractivity contribution is 5.77. The van der Waals surface area contributed by atoms with Gasteiger partial charge in [-0.2, -0.15) is 0 Å². The molecule has 0 radical (unpaired) electrons. The molecule has 21 heavy (non-hydrogen) atoms. The molecule has 0 bridgehead atoms. The highest BCUT2D eigenvalue weighted by atomic mass is 16.5. The molecule has 1 aliphatic rings. The lowest BCUT2D eigenvalue weighted by molar-refractivity contribution is -0.131. The van der Waals surface area contributed by atoms with Crippen LogP contribution in [0.25, 0.3) is 0 Å². The second kappa shape index (κ2) is 7.31. The maximum absolute atomic E-state index is 11.8. The molecule has 0 saturated heterocycles. The monoisotopic (exact) mass is 292 g/mol. The largest absolute Gasteiger partial charge is 0.493 e. The zero-order valence-electron chi connectivity index (χ0n) is 13.0. The number of methoxy groups -OCH3 is 1. The van der Waals surface area contributed by atoms with E-state index in [1.54, 1.807) is 19.1 Å². The number of likely N-dealkylation sites (N-methyl/N-ethyl adjacent to an activating group) is 1. The first-order chi connectivity index (χ1) is 10.1. The number of rotatable bonds is 8. The van der Waals surface area contributed by atoms with E-state index < -0.39 is 0 Å². The lowest BCUT2D eigenvalue weighted by Crippen LogP contribution is -2.31. The fourth-order valence-electron chi connectivity index (χ4n) is 1.92. The number of amides is 1. The van der Waals surface area contributed by atoms with Gasteiger partial charge in [-0.05, 0) is 37.5 Å². The highest BCUT2D eigenvalue weighted by Gasteiger charge is 2.20. The molecule has 1 saturated carbocycles. The summed E-state index contributed by atoms with van der Waals surface area (Å²) in [6.45, 7) is 3.45. The summed E-state index contributed by atoms with van der Waals surface area (Å²) in [5.74, 6) is 1.23. The molecule has 1 N–H and O–H groups in total. The van der Waals surface area contributed by atoms with E-state index in [1.165, 1.54) is 12.8 Å². The van der Waals surface area contributed by atoms with Crippen LogP contribution in [0.2, 0.25) is 0 Å². The van der Waals surface area contributed by atoms with Gasteiger partial charge in [0.25, 0.3) is 5.91 Å². The Morgan fingerprint density at radius 2 is 2.14 bits per heavy atom. The second-order valence-corrected chi connectivity index (χ2v) is 5.34. The van der Waals surface area contributed by atoms with Crippen molar-refractivity contribution in [2.75, 3.05) is 27.3 Å². The van der Waals surface area contributed by atoms with Crippen molar-refractivity contribution in [1.29, 1.82) is 0 Å². The van der Waals surface area contributed by atoms with E-state index in [1.807, 2.05) is 25.1 Å². The predicted molar refractivity (Wildman–Crippen MR) is 81.7 cm³/mol. The molecule has 0 unspecified atom stereocenters. The normalized spacial score (nSPS) is 13.9. The van der Waals surface area contributed by atoms with Crippen LogP contribution in [0, 0.1) is 0 Å². The Balaban J connectivity index is 1.97. The minimum Gasteiger partial charge on any atom is -0.493 e. The minimum atomic E-state index is -0.0407. The van der Waals surface area contributed by atoms with Gasteiger partial charge in [-0.3, -0.25) is 4.79 Å². The average molecular weight is 292 g/mol. The van der Waals surface area contributed by atoms with Gasteiger partial charge in [-0.1, -0.05) is 6.07 Å². The summed E-state index contributed by atoms with van der Waals surface area (Å²) in [7, 11) is 3.36. The van der Waals surface area contributed by atoms with Gasteiger partial charge < -0.3 is 19.7 Å². The number of carbonyl (C=O) groups is 1. The third-order valence-electron chi connectivity index (χ3n) is 3.65. The van der Waals surface area contributed by atoms with Crippen molar-refractivity contribution < 1.29 is 14.3 Å². The minimum absolute atomic E-state index is 0.0280. The van der Waals surface area contributed by atoms with Crippen LogP contribution in [0.1, 0.15) is 25.3 Å². The smallest absolute Gasteiger partial charge is 0.260 e. The van der Waals surface area contributed by atoms with E-state index in [2.05, 4.69) is 5.32 Å². The van der Waals surface area contributed by atoms with Crippen LogP contribution >= 0.6 is 0 Å². The van der Waals surface area contributed by atoms with Crippen LogP contribution < -0.4 is 14.8 Å². The Morgan fingerprint density at radius 1 is 1.38 bits per heavy atom. The van der Waals surface area contributed by atoms with E-state index in [0.717, 1.165) is 12.1 Å². The third kappa shape index (κ3) is 4.63. The summed E-state index contributed by atoms with van der Waals surface area (Å²) in [6, 6.07) is 6.50. The Kier molecular flexibility index (Phi) is 5.44. The zero-order valence-corrected chi connectivity index (χ0v) is 13.0. The van der Waals surface area contributed by atoms with Crippen LogP contribution in [0.3, 0.4) is 0 Å². The molecule has 0 heterocycles. The molecule has 1 fully saturated rings. The number of nitrogens with one attached hydrogen (secondary N) is 1. The van der Waals surface area contributed by atoms with Crippen LogP contribution in [0.5, 0.6) is 11.5 Å². The number of hydrogen-bond donors (Lipinski definition) is 1. The molecule has 1 aliphatic carbocycles. The summed E-state index contributed by atoms with van der Waals surface area (Å²) in [4.78, 5) is 13.4. The summed E-state index contributed by atoms with van der Waals surface area (Å²) >= 11 is 0. The Labute approximate surface area is 126 Å². The Morgan fingerprint density at radius 3 is 2.76 bits per heavy atom. The number of hydrogen-bond acceptors (Lipinski definition) is 4. The van der Waals surface area contributed by atoms with E-state index in [9.17, 15) is 4.79 Å². The fourth-order valence-corrected chi connectivity index (χ4v) is 1.92. The molecular formula is C16H24N2O3. The highest BCUT2D eigenvalue weighted by Crippen LogP contribution is 2.28. The molecule has 116 valence electrons. The van der Waals surface area contributed by atoms with Crippen LogP contribution in [-0.4, -0.2) is 44.2 Å². The predicted octanol–water partition coefficient (Wildman–Crippen LogP) is 1.80. The summed E-state index contributed by atoms with van der Waals surface area (Å²) in [5.41, 5.74) is 1.13. The lowest BCUT2D eigenvalue weighted by Gasteiger charge is -2.16. The van der Waals surface area contributed by atoms with Crippen molar-refractivity contribution in [2.24, 2.45) is 0 Å². The molecule has 0 aliphatic heterocycles. The summed E-state index contributed by atoms with van der Waals surface area (Å²) in [6.07, 6.45) is 2.52. The fraction of sp³-hybridized carbons (Fsp3) is 0.562. The van der Waals surface area contributed by atoms with Crippen molar-refractivity contribution in [3.05, 3.63) is 23.8 Å². The van der Waals surface area contributed by atoms with Gasteiger partial charge in [0, 0.05) is 26.2 Å². The van der Waals surface area contributed by atoms with E-state index >= 15 is 0 Å². The quantitative estimate of drug-likeness (QED) is 0.794. The molecule has 5 nitrogen and oxygen atoms in total. The van der Waals surface area contributed by atoms with Crippen molar-refractivity contribution in [1.82, 2.24) is 10.2 Å². The second-order valence-electron chi connectivity index (χ2n) is 5.34. The molecule has 0 aromatic heterocycles. The summed E-state index contributed by atoms with van der Waals surface area (Å²) < 4.78 is 10.9. The molecule has 2 rings (SSSR count). The third-order valence-corrected chi connectivity index (χ3v) is 3.65. The van der Waals surface area contributed by atoms with E-state index in [0.29, 0.717) is 24.1 Å². The maximum Gasteiger partial charge on any atom is 0.260 e. The van der Waals surface area contributed by atoms with Gasteiger partial charge in [-0.25, -0.2) is 0 Å². The standard InChI is InChI=1S/C16H24N2O3/c1-4-18(2)16(19)11-21-15-9-12(5-8-14(15)20-3)10-17-13-6-7-13/h5,8-9,13,17H,4,6-7,10-11H2,1-3H3. The molecule has 0 atom stereocenters. The van der Waals surface area contributed by atoms with Gasteiger partial charge >= 0.3 is 0 Å². The van der Waals surface area contributed by atoms with Gasteiger partial charge in [0.2, 0.25) is 0 Å². The number of ether oxygens (including phenoxy) is 2. The topological polar surface area (TPSA) is 50.8 Å². The zero-order chi connectivity index (χ0) is 15.2. The molecule has 1 aromatic rings. The lowest BCUT2D eigenvalue weighted by atomic mass is 10.2. The molecular weight excluding hydrogens is 268 g/mol. The molecule has 5 heteroatoms. The SMILES string of the molecule is CCN(C)C(=O)COc1cc(CNC2CC2)ccc1OC. The van der Waals surface area contributed by atoms with Crippen LogP contribution in [0.15, 0.2) is 18.2 Å². The van der Waals surface area contributed by atoms with Crippen LogP contribution in [-0.2, 0) is 11.3 Å². The van der Waals surface area contributed by atoms with E-state index in [4.69, 9.17) is 9.47 Å². The Bertz CT molecular complexity index is 486. The van der Waals surface area contributed by atoms with Crippen molar-refractivity contribution >= 4 is 5.91 Å². The van der Waals surface area contributed by atoms with Gasteiger partial charge in [0.05, 0.1) is 7.11 Å². The number of benzene rings is 1. The van der Waals surface area contributed by atoms with Crippen molar-refractivity contribution in [3.8, 4) is 11.5 Å². The van der Waals surface area contributed by atoms with E-state index in [-0.39, 0.29) is 12.5 Å². The van der Waals surface area contributed by atoms with Crippen LogP contribution in [0.4, 0.5) is 0 Å². The summed E-state index contributed by atoms with van der Waals surface area (Å²) in [5, 5.41) is 3.46. The first kappa shape index (κ1) is 15.6.